The summed E-state index contributed by atoms with van der Waals surface area (Å²) in [5.74, 6) is 1.72. The third-order valence-electron chi connectivity index (χ3n) is 3.09. The van der Waals surface area contributed by atoms with Crippen LogP contribution in [0.1, 0.15) is 16.7 Å². The Morgan fingerprint density at radius 2 is 1.74 bits per heavy atom. The van der Waals surface area contributed by atoms with Crippen LogP contribution in [0.5, 0.6) is 11.5 Å². The van der Waals surface area contributed by atoms with Crippen molar-refractivity contribution in [2.75, 3.05) is 12.8 Å². The maximum Gasteiger partial charge on any atom is 0.125 e. The molecular formula is C16H19NO2. The maximum absolute atomic E-state index is 5.92. The predicted octanol–water partition coefficient (Wildman–Crippen LogP) is 3.47. The van der Waals surface area contributed by atoms with Crippen LogP contribution in [0.15, 0.2) is 36.4 Å². The number of hydrogen-bond donors (Lipinski definition) is 1. The van der Waals surface area contributed by atoms with E-state index in [0.29, 0.717) is 12.3 Å². The molecule has 0 bridgehead atoms. The molecule has 0 aliphatic heterocycles. The first-order valence-electron chi connectivity index (χ1n) is 6.23. The number of nitrogens with two attached hydrogens (primary N) is 1. The van der Waals surface area contributed by atoms with Crippen molar-refractivity contribution in [3.8, 4) is 11.5 Å². The molecule has 0 radical (unpaired) electrons. The maximum atomic E-state index is 5.92. The molecule has 2 aromatic rings. The summed E-state index contributed by atoms with van der Waals surface area (Å²) in [6.45, 7) is 4.53. The zero-order valence-electron chi connectivity index (χ0n) is 11.6. The number of anilines is 1. The smallest absolute Gasteiger partial charge is 0.125 e. The van der Waals surface area contributed by atoms with E-state index in [1.165, 1.54) is 0 Å². The van der Waals surface area contributed by atoms with Crippen LogP contribution in [0.4, 0.5) is 5.69 Å². The van der Waals surface area contributed by atoms with Crippen molar-refractivity contribution >= 4 is 5.69 Å². The molecule has 0 unspecified atom stereocenters. The Morgan fingerprint density at radius 1 is 1.05 bits per heavy atom. The quantitative estimate of drug-likeness (QED) is 0.853. The normalized spacial score (nSPS) is 10.3. The van der Waals surface area contributed by atoms with E-state index >= 15 is 0 Å². The third-order valence-corrected chi connectivity index (χ3v) is 3.09. The molecule has 0 aliphatic rings. The van der Waals surface area contributed by atoms with Gasteiger partial charge in [-0.2, -0.15) is 0 Å². The summed E-state index contributed by atoms with van der Waals surface area (Å²) in [5, 5.41) is 0. The van der Waals surface area contributed by atoms with Crippen LogP contribution in [0.2, 0.25) is 0 Å². The van der Waals surface area contributed by atoms with Gasteiger partial charge in [0.15, 0.2) is 0 Å². The first kappa shape index (κ1) is 13.3. The fourth-order valence-corrected chi connectivity index (χ4v) is 2.09. The fraction of sp³-hybridized carbons (Fsp3) is 0.250. The minimum absolute atomic E-state index is 0.444. The molecule has 0 aromatic heterocycles. The molecule has 19 heavy (non-hydrogen) atoms. The molecule has 0 fully saturated rings. The number of aryl methyl sites for hydroxylation is 2. The highest BCUT2D eigenvalue weighted by Crippen LogP contribution is 2.26. The summed E-state index contributed by atoms with van der Waals surface area (Å²) in [6.07, 6.45) is 0. The van der Waals surface area contributed by atoms with Crippen molar-refractivity contribution in [1.82, 2.24) is 0 Å². The van der Waals surface area contributed by atoms with Crippen molar-refractivity contribution in [3.63, 3.8) is 0 Å². The van der Waals surface area contributed by atoms with E-state index in [1.807, 2.05) is 50.2 Å². The second kappa shape index (κ2) is 5.65. The Balaban J connectivity index is 2.21. The van der Waals surface area contributed by atoms with Gasteiger partial charge in [-0.1, -0.05) is 18.2 Å². The zero-order valence-corrected chi connectivity index (χ0v) is 11.6. The van der Waals surface area contributed by atoms with Gasteiger partial charge in [0.25, 0.3) is 0 Å². The van der Waals surface area contributed by atoms with Gasteiger partial charge in [-0.25, -0.2) is 0 Å². The monoisotopic (exact) mass is 257 g/mol. The van der Waals surface area contributed by atoms with Crippen molar-refractivity contribution in [3.05, 3.63) is 53.1 Å². The molecule has 2 aromatic carbocycles. The number of ether oxygens (including phenoxy) is 2. The molecule has 0 spiro atoms. The van der Waals surface area contributed by atoms with Gasteiger partial charge in [0.2, 0.25) is 0 Å². The van der Waals surface area contributed by atoms with Gasteiger partial charge in [0.1, 0.15) is 18.1 Å². The number of para-hydroxylation sites is 1. The van der Waals surface area contributed by atoms with E-state index < -0.39 is 0 Å². The van der Waals surface area contributed by atoms with Crippen LogP contribution in [-0.4, -0.2) is 7.11 Å². The number of benzene rings is 2. The average molecular weight is 257 g/mol. The van der Waals surface area contributed by atoms with Gasteiger partial charge < -0.3 is 15.2 Å². The van der Waals surface area contributed by atoms with Gasteiger partial charge >= 0.3 is 0 Å². The number of nitrogen functional groups attached to an aromatic ring is 1. The van der Waals surface area contributed by atoms with Crippen LogP contribution in [0.3, 0.4) is 0 Å². The lowest BCUT2D eigenvalue weighted by Gasteiger charge is -2.14. The van der Waals surface area contributed by atoms with Crippen molar-refractivity contribution in [1.29, 1.82) is 0 Å². The molecule has 100 valence electrons. The van der Waals surface area contributed by atoms with E-state index in [-0.39, 0.29) is 0 Å². The lowest BCUT2D eigenvalue weighted by molar-refractivity contribution is 0.293. The Morgan fingerprint density at radius 3 is 2.37 bits per heavy atom. The molecule has 0 saturated heterocycles. The molecule has 0 heterocycles. The number of rotatable bonds is 4. The largest absolute Gasteiger partial charge is 0.496 e. The third kappa shape index (κ3) is 2.99. The highest BCUT2D eigenvalue weighted by molar-refractivity contribution is 5.48. The minimum Gasteiger partial charge on any atom is -0.496 e. The van der Waals surface area contributed by atoms with Crippen LogP contribution in [0, 0.1) is 13.8 Å². The first-order chi connectivity index (χ1) is 9.11. The van der Waals surface area contributed by atoms with Gasteiger partial charge in [-0.15, -0.1) is 0 Å². The van der Waals surface area contributed by atoms with Crippen molar-refractivity contribution in [2.45, 2.75) is 20.5 Å². The molecule has 0 saturated carbocycles. The van der Waals surface area contributed by atoms with Gasteiger partial charge in [-0.3, -0.25) is 0 Å². The molecule has 2 N–H and O–H groups in total. The van der Waals surface area contributed by atoms with E-state index in [9.17, 15) is 0 Å². The highest BCUT2D eigenvalue weighted by Gasteiger charge is 2.07. The molecule has 3 nitrogen and oxygen atoms in total. The van der Waals surface area contributed by atoms with Gasteiger partial charge in [0, 0.05) is 11.3 Å². The van der Waals surface area contributed by atoms with Gasteiger partial charge in [0.05, 0.1) is 7.11 Å². The van der Waals surface area contributed by atoms with E-state index in [0.717, 1.165) is 28.2 Å². The SMILES string of the molecule is COc1ccc(N)cc1COc1c(C)cccc1C. The molecule has 0 amide bonds. The topological polar surface area (TPSA) is 44.5 Å². The average Bonchev–Trinajstić information content (AvgIpc) is 2.38. The Kier molecular flexibility index (Phi) is 3.95. The number of methoxy groups -OCH3 is 1. The lowest BCUT2D eigenvalue weighted by Crippen LogP contribution is -2.02. The highest BCUT2D eigenvalue weighted by atomic mass is 16.5. The summed E-state index contributed by atoms with van der Waals surface area (Å²) in [7, 11) is 1.65. The van der Waals surface area contributed by atoms with Crippen LogP contribution in [0.25, 0.3) is 0 Å². The summed E-state index contributed by atoms with van der Waals surface area (Å²) in [6, 6.07) is 11.7. The lowest BCUT2D eigenvalue weighted by atomic mass is 10.1. The molecule has 3 heteroatoms. The van der Waals surface area contributed by atoms with Gasteiger partial charge in [-0.05, 0) is 43.2 Å². The van der Waals surface area contributed by atoms with Crippen molar-refractivity contribution in [2.24, 2.45) is 0 Å². The second-order valence-electron chi connectivity index (χ2n) is 4.58. The summed E-state index contributed by atoms with van der Waals surface area (Å²) in [5.41, 5.74) is 9.71. The molecule has 2 rings (SSSR count). The van der Waals surface area contributed by atoms with E-state index in [1.54, 1.807) is 7.11 Å². The summed E-state index contributed by atoms with van der Waals surface area (Å²) >= 11 is 0. The predicted molar refractivity (Wildman–Crippen MR) is 77.7 cm³/mol. The molecule has 0 atom stereocenters. The summed E-state index contributed by atoms with van der Waals surface area (Å²) < 4.78 is 11.2. The van der Waals surface area contributed by atoms with Crippen LogP contribution in [-0.2, 0) is 6.61 Å². The zero-order chi connectivity index (χ0) is 13.8. The minimum atomic E-state index is 0.444. The molecule has 0 aliphatic carbocycles. The first-order valence-corrected chi connectivity index (χ1v) is 6.23. The summed E-state index contributed by atoms with van der Waals surface area (Å²) in [4.78, 5) is 0. The van der Waals surface area contributed by atoms with E-state index in [2.05, 4.69) is 0 Å². The standard InChI is InChI=1S/C16H19NO2/c1-11-5-4-6-12(2)16(11)19-10-13-9-14(17)7-8-15(13)18-3/h4-9H,10,17H2,1-3H3. The van der Waals surface area contributed by atoms with E-state index in [4.69, 9.17) is 15.2 Å². The van der Waals surface area contributed by atoms with Crippen LogP contribution >= 0.6 is 0 Å². The number of hydrogen-bond acceptors (Lipinski definition) is 3. The molecular weight excluding hydrogens is 238 g/mol. The van der Waals surface area contributed by atoms with Crippen LogP contribution < -0.4 is 15.2 Å². The second-order valence-corrected chi connectivity index (χ2v) is 4.58. The fourth-order valence-electron chi connectivity index (χ4n) is 2.09. The Hall–Kier alpha value is -2.16. The Bertz CT molecular complexity index is 559. The Labute approximate surface area is 114 Å². The van der Waals surface area contributed by atoms with Crippen molar-refractivity contribution < 1.29 is 9.47 Å².